The largest absolute Gasteiger partial charge is 0.433 e. The van der Waals surface area contributed by atoms with Gasteiger partial charge in [-0.3, -0.25) is 25.2 Å². The molecule has 11 heteroatoms. The number of fused-ring (bicyclic) bond motifs is 2. The maximum Gasteiger partial charge on any atom is 0.433 e. The van der Waals surface area contributed by atoms with Crippen molar-refractivity contribution in [2.75, 3.05) is 0 Å². The fourth-order valence-corrected chi connectivity index (χ4v) is 4.42. The number of halogens is 1. The van der Waals surface area contributed by atoms with Gasteiger partial charge in [0.1, 0.15) is 16.4 Å². The first kappa shape index (κ1) is 21.9. The molecule has 2 aliphatic rings. The number of carbonyl (C=O) groups is 1. The molecule has 0 bridgehead atoms. The minimum atomic E-state index is -0.647. The third kappa shape index (κ3) is 4.45. The second kappa shape index (κ2) is 9.16. The zero-order valence-electron chi connectivity index (χ0n) is 17.4. The molecule has 2 aromatic carbocycles. The summed E-state index contributed by atoms with van der Waals surface area (Å²) in [5, 5.41) is 22.4. The van der Waals surface area contributed by atoms with Gasteiger partial charge in [0.25, 0.3) is 5.91 Å². The standard InChI is InChI=1S/C23H16ClN5O4S/c24-15-7-5-14(6-8-15)13-34-23-26-22(30)21-17-3-1-2-4-18(17)25-19(28(21)27-23)11-9-16-10-12-20(33-16)29(31)32/h1-12,19H,13H2,(H,26,27,30)/b11-9+/t19-/m1/s1. The highest BCUT2D eigenvalue weighted by Crippen LogP contribution is 2.24. The molecule has 0 radical (unpaired) electrons. The van der Waals surface area contributed by atoms with Crippen LogP contribution in [0, 0.1) is 10.1 Å². The predicted molar refractivity (Wildman–Crippen MR) is 129 cm³/mol. The average molecular weight is 494 g/mol. The summed E-state index contributed by atoms with van der Waals surface area (Å²) in [7, 11) is 0. The number of nitro groups is 1. The van der Waals surface area contributed by atoms with E-state index in [1.54, 1.807) is 17.2 Å². The maximum atomic E-state index is 13.1. The van der Waals surface area contributed by atoms with E-state index in [1.807, 2.05) is 48.5 Å². The monoisotopic (exact) mass is 493 g/mol. The van der Waals surface area contributed by atoms with Crippen molar-refractivity contribution >= 4 is 52.1 Å². The van der Waals surface area contributed by atoms with Crippen molar-refractivity contribution in [1.82, 2.24) is 10.3 Å². The Morgan fingerprint density at radius 3 is 2.74 bits per heavy atom. The molecular weight excluding hydrogens is 478 g/mol. The van der Waals surface area contributed by atoms with Gasteiger partial charge >= 0.3 is 5.88 Å². The Morgan fingerprint density at radius 1 is 1.18 bits per heavy atom. The summed E-state index contributed by atoms with van der Waals surface area (Å²) in [4.78, 5) is 28.1. The Labute approximate surface area is 202 Å². The molecular formula is C23H16ClN5O4S. The maximum absolute atomic E-state index is 13.1. The lowest BCUT2D eigenvalue weighted by Crippen LogP contribution is -2.52. The number of hydrogen-bond donors (Lipinski definition) is 1. The van der Waals surface area contributed by atoms with Crippen molar-refractivity contribution in [1.29, 1.82) is 0 Å². The quantitative estimate of drug-likeness (QED) is 0.431. The fraction of sp³-hybridized carbons (Fsp3) is 0.0870. The van der Waals surface area contributed by atoms with Gasteiger partial charge in [-0.15, -0.1) is 5.10 Å². The van der Waals surface area contributed by atoms with Crippen LogP contribution in [0.5, 0.6) is 0 Å². The van der Waals surface area contributed by atoms with E-state index in [4.69, 9.17) is 21.0 Å². The molecule has 2 aliphatic heterocycles. The van der Waals surface area contributed by atoms with Crippen LogP contribution in [0.25, 0.3) is 11.8 Å². The number of hydrazone groups is 1. The van der Waals surface area contributed by atoms with Crippen LogP contribution in [-0.4, -0.2) is 27.2 Å². The van der Waals surface area contributed by atoms with Gasteiger partial charge in [-0.05, 0) is 42.0 Å². The lowest BCUT2D eigenvalue weighted by Gasteiger charge is -2.32. The number of furan rings is 1. The van der Waals surface area contributed by atoms with Crippen LogP contribution in [0.1, 0.15) is 11.3 Å². The predicted octanol–water partition coefficient (Wildman–Crippen LogP) is 3.26. The molecule has 34 heavy (non-hydrogen) atoms. The van der Waals surface area contributed by atoms with Crippen LogP contribution in [0.15, 0.2) is 81.3 Å². The lowest BCUT2D eigenvalue weighted by atomic mass is 10.1. The number of amidine groups is 1. The van der Waals surface area contributed by atoms with Crippen molar-refractivity contribution in [2.24, 2.45) is 10.1 Å². The first-order valence-corrected chi connectivity index (χ1v) is 11.5. The van der Waals surface area contributed by atoms with Gasteiger partial charge in [0.05, 0.1) is 11.4 Å². The van der Waals surface area contributed by atoms with Gasteiger partial charge in [0.15, 0.2) is 11.3 Å². The summed E-state index contributed by atoms with van der Waals surface area (Å²) in [6.45, 7) is 0. The van der Waals surface area contributed by atoms with E-state index >= 15 is 0 Å². The minimum Gasteiger partial charge on any atom is -0.401 e. The SMILES string of the molecule is O=C1NC(SCc2ccc(Cl)cc2)=NN2C1=c1ccccc1=N[C@H]2/C=C/c1ccc([N+](=O)[O-])o1. The summed E-state index contributed by atoms with van der Waals surface area (Å²) in [5.41, 5.74) is 1.41. The van der Waals surface area contributed by atoms with Gasteiger partial charge in [-0.25, -0.2) is 5.01 Å². The Kier molecular flexibility index (Phi) is 5.91. The fourth-order valence-electron chi connectivity index (χ4n) is 3.49. The molecule has 1 N–H and O–H groups in total. The smallest absolute Gasteiger partial charge is 0.401 e. The van der Waals surface area contributed by atoms with Crippen LogP contribution in [-0.2, 0) is 10.5 Å². The zero-order chi connectivity index (χ0) is 23.7. The molecule has 0 saturated carbocycles. The first-order chi connectivity index (χ1) is 16.5. The number of carbonyl (C=O) groups excluding carboxylic acids is 1. The number of hydrogen-bond acceptors (Lipinski definition) is 8. The summed E-state index contributed by atoms with van der Waals surface area (Å²) in [6.07, 6.45) is 2.61. The second-order valence-electron chi connectivity index (χ2n) is 7.32. The van der Waals surface area contributed by atoms with Crippen LogP contribution in [0.3, 0.4) is 0 Å². The molecule has 0 aliphatic carbocycles. The first-order valence-electron chi connectivity index (χ1n) is 10.1. The van der Waals surface area contributed by atoms with E-state index in [9.17, 15) is 14.9 Å². The number of nitrogens with one attached hydrogen (secondary N) is 1. The van der Waals surface area contributed by atoms with Gasteiger partial charge in [0.2, 0.25) is 0 Å². The molecule has 1 aromatic heterocycles. The summed E-state index contributed by atoms with van der Waals surface area (Å²) >= 11 is 7.33. The highest BCUT2D eigenvalue weighted by Gasteiger charge is 2.32. The number of benzene rings is 2. The van der Waals surface area contributed by atoms with Crippen molar-refractivity contribution < 1.29 is 14.1 Å². The van der Waals surface area contributed by atoms with E-state index in [1.165, 1.54) is 23.9 Å². The Morgan fingerprint density at radius 2 is 1.97 bits per heavy atom. The topological polar surface area (TPSA) is 113 Å². The molecule has 0 fully saturated rings. The summed E-state index contributed by atoms with van der Waals surface area (Å²) in [5.74, 6) is 0.242. The number of thioether (sulfide) groups is 1. The zero-order valence-corrected chi connectivity index (χ0v) is 19.0. The number of nitrogens with zero attached hydrogens (tertiary/aromatic N) is 4. The molecule has 5 rings (SSSR count). The van der Waals surface area contributed by atoms with E-state index in [0.29, 0.717) is 38.0 Å². The molecule has 3 heterocycles. The summed E-state index contributed by atoms with van der Waals surface area (Å²) in [6, 6.07) is 17.5. The van der Waals surface area contributed by atoms with Crippen molar-refractivity contribution in [3.63, 3.8) is 0 Å². The van der Waals surface area contributed by atoms with Crippen LogP contribution >= 0.6 is 23.4 Å². The molecule has 1 amide bonds. The number of rotatable bonds is 5. The van der Waals surface area contributed by atoms with E-state index in [-0.39, 0.29) is 11.8 Å². The Hall–Kier alpha value is -3.89. The lowest BCUT2D eigenvalue weighted by molar-refractivity contribution is -0.402. The molecule has 0 unspecified atom stereocenters. The van der Waals surface area contributed by atoms with Gasteiger partial charge in [-0.2, -0.15) is 0 Å². The Bertz CT molecular complexity index is 1460. The Balaban J connectivity index is 1.47. The molecule has 0 spiro atoms. The third-order valence-electron chi connectivity index (χ3n) is 5.06. The number of amides is 1. The van der Waals surface area contributed by atoms with Crippen LogP contribution in [0.4, 0.5) is 5.88 Å². The van der Waals surface area contributed by atoms with Gasteiger partial charge in [0, 0.05) is 16.0 Å². The van der Waals surface area contributed by atoms with Gasteiger partial charge in [-0.1, -0.05) is 53.7 Å². The van der Waals surface area contributed by atoms with Crippen molar-refractivity contribution in [2.45, 2.75) is 11.9 Å². The molecule has 170 valence electrons. The average Bonchev–Trinajstić information content (AvgIpc) is 3.31. The molecule has 0 saturated heterocycles. The molecule has 1 atom stereocenters. The highest BCUT2D eigenvalue weighted by molar-refractivity contribution is 8.13. The summed E-state index contributed by atoms with van der Waals surface area (Å²) < 4.78 is 5.20. The molecule has 3 aromatic rings. The van der Waals surface area contributed by atoms with E-state index in [0.717, 1.165) is 5.56 Å². The van der Waals surface area contributed by atoms with Crippen molar-refractivity contribution in [3.05, 3.63) is 104 Å². The highest BCUT2D eigenvalue weighted by atomic mass is 35.5. The van der Waals surface area contributed by atoms with Gasteiger partial charge < -0.3 is 4.42 Å². The van der Waals surface area contributed by atoms with Crippen LogP contribution in [0.2, 0.25) is 5.02 Å². The van der Waals surface area contributed by atoms with E-state index in [2.05, 4.69) is 10.4 Å². The van der Waals surface area contributed by atoms with Crippen molar-refractivity contribution in [3.8, 4) is 0 Å². The second-order valence-corrected chi connectivity index (χ2v) is 8.72. The third-order valence-corrected chi connectivity index (χ3v) is 6.25. The van der Waals surface area contributed by atoms with Crippen LogP contribution < -0.4 is 15.9 Å². The minimum absolute atomic E-state index is 0.289. The molecule has 9 nitrogen and oxygen atoms in total. The number of para-hydroxylation sites is 1. The normalized spacial score (nSPS) is 17.0. The van der Waals surface area contributed by atoms with E-state index < -0.39 is 11.1 Å².